The summed E-state index contributed by atoms with van der Waals surface area (Å²) in [4.78, 5) is 35.2. The van der Waals surface area contributed by atoms with Crippen molar-refractivity contribution >= 4 is 17.7 Å². The van der Waals surface area contributed by atoms with Crippen LogP contribution in [-0.4, -0.2) is 188 Å². The van der Waals surface area contributed by atoms with E-state index in [0.29, 0.717) is 151 Å². The SMILES string of the molecule is CC(C)(C)OC(=O)COCCOCCOCCOCCOCCOCCOCCOCCOCCOCCOCCOCCOC(=O)C(=O)c1ccccc1. The Hall–Kier alpha value is -2.65. The standard InChI is InChI=1S/C38H64O17/c1-38(2,3)55-35(39)33-53-30-29-51-26-25-49-22-21-47-18-17-45-14-13-43-10-9-42-11-12-44-15-16-46-19-20-48-23-24-50-27-28-52-31-32-54-37(41)36(40)34-7-5-4-6-8-34/h4-8H,9-33H2,1-3H3. The molecular weight excluding hydrogens is 728 g/mol. The lowest BCUT2D eigenvalue weighted by Crippen LogP contribution is -2.27. The first-order valence-corrected chi connectivity index (χ1v) is 18.7. The van der Waals surface area contributed by atoms with Gasteiger partial charge in [-0.25, -0.2) is 9.59 Å². The van der Waals surface area contributed by atoms with Crippen LogP contribution in [0.2, 0.25) is 0 Å². The molecule has 0 spiro atoms. The molecule has 17 nitrogen and oxygen atoms in total. The third kappa shape index (κ3) is 35.5. The van der Waals surface area contributed by atoms with E-state index in [1.54, 1.807) is 30.3 Å². The van der Waals surface area contributed by atoms with Crippen LogP contribution in [0.3, 0.4) is 0 Å². The van der Waals surface area contributed by atoms with Crippen molar-refractivity contribution < 1.29 is 80.7 Å². The summed E-state index contributed by atoms with van der Waals surface area (Å²) in [5.74, 6) is -1.98. The number of hydrogen-bond acceptors (Lipinski definition) is 17. The number of carbonyl (C=O) groups excluding carboxylic acids is 3. The van der Waals surface area contributed by atoms with Gasteiger partial charge in [0.15, 0.2) is 0 Å². The number of hydrogen-bond donors (Lipinski definition) is 0. The predicted molar refractivity (Wildman–Crippen MR) is 197 cm³/mol. The third-order valence-electron chi connectivity index (χ3n) is 6.41. The van der Waals surface area contributed by atoms with E-state index in [2.05, 4.69) is 0 Å². The molecule has 0 N–H and O–H groups in total. The highest BCUT2D eigenvalue weighted by Crippen LogP contribution is 2.06. The fraction of sp³-hybridized carbons (Fsp3) is 0.763. The van der Waals surface area contributed by atoms with E-state index >= 15 is 0 Å². The summed E-state index contributed by atoms with van der Waals surface area (Å²) in [6.45, 7) is 15.1. The second kappa shape index (κ2) is 37.0. The molecule has 1 aromatic rings. The van der Waals surface area contributed by atoms with E-state index < -0.39 is 23.3 Å². The van der Waals surface area contributed by atoms with Crippen LogP contribution in [0.4, 0.5) is 0 Å². The molecule has 55 heavy (non-hydrogen) atoms. The number of Topliss-reactive ketones (excluding diaryl/α,β-unsaturated/α-hetero) is 1. The van der Waals surface area contributed by atoms with E-state index in [1.807, 2.05) is 20.8 Å². The zero-order valence-electron chi connectivity index (χ0n) is 33.0. The number of ether oxygens (including phenoxy) is 14. The van der Waals surface area contributed by atoms with Crippen molar-refractivity contribution in [2.45, 2.75) is 26.4 Å². The molecule has 1 rings (SSSR count). The van der Waals surface area contributed by atoms with Gasteiger partial charge in [-0.15, -0.1) is 0 Å². The Balaban J connectivity index is 1.66. The molecule has 0 heterocycles. The fourth-order valence-electron chi connectivity index (χ4n) is 3.91. The third-order valence-corrected chi connectivity index (χ3v) is 6.41. The zero-order chi connectivity index (χ0) is 39.9. The molecule has 0 saturated heterocycles. The van der Waals surface area contributed by atoms with Crippen LogP contribution < -0.4 is 0 Å². The molecule has 0 aliphatic heterocycles. The zero-order valence-corrected chi connectivity index (χ0v) is 33.0. The van der Waals surface area contributed by atoms with Crippen molar-refractivity contribution in [3.05, 3.63) is 35.9 Å². The number of carbonyl (C=O) groups is 3. The van der Waals surface area contributed by atoms with E-state index in [4.69, 9.17) is 66.3 Å². The van der Waals surface area contributed by atoms with Crippen molar-refractivity contribution in [3.8, 4) is 0 Å². The van der Waals surface area contributed by atoms with E-state index in [-0.39, 0.29) is 19.8 Å². The van der Waals surface area contributed by atoms with Gasteiger partial charge in [0.2, 0.25) is 0 Å². The first-order valence-electron chi connectivity index (χ1n) is 18.7. The molecule has 0 amide bonds. The lowest BCUT2D eigenvalue weighted by molar-refractivity contribution is -0.160. The molecule has 0 unspecified atom stereocenters. The number of rotatable bonds is 40. The minimum Gasteiger partial charge on any atom is -0.458 e. The molecule has 0 bridgehead atoms. The van der Waals surface area contributed by atoms with Gasteiger partial charge < -0.3 is 66.3 Å². The summed E-state index contributed by atoms with van der Waals surface area (Å²) in [6, 6.07) is 8.24. The summed E-state index contributed by atoms with van der Waals surface area (Å²) < 4.78 is 75.1. The summed E-state index contributed by atoms with van der Waals surface area (Å²) in [7, 11) is 0. The molecular formula is C38H64O17. The van der Waals surface area contributed by atoms with Crippen LogP contribution in [0, 0.1) is 0 Å². The van der Waals surface area contributed by atoms with Crippen molar-refractivity contribution in [1.29, 1.82) is 0 Å². The van der Waals surface area contributed by atoms with E-state index in [0.717, 1.165) is 0 Å². The normalized spacial score (nSPS) is 11.5. The largest absolute Gasteiger partial charge is 0.458 e. The number of esters is 2. The molecule has 1 aromatic carbocycles. The van der Waals surface area contributed by atoms with Gasteiger partial charge in [-0.05, 0) is 20.8 Å². The molecule has 318 valence electrons. The van der Waals surface area contributed by atoms with E-state index in [1.165, 1.54) is 0 Å². The van der Waals surface area contributed by atoms with Crippen LogP contribution in [-0.2, 0) is 75.9 Å². The maximum atomic E-state index is 11.9. The first-order chi connectivity index (χ1) is 26.8. The van der Waals surface area contributed by atoms with Crippen molar-refractivity contribution in [1.82, 2.24) is 0 Å². The van der Waals surface area contributed by atoms with Gasteiger partial charge in [0.1, 0.15) is 18.8 Å². The lowest BCUT2D eigenvalue weighted by Gasteiger charge is -2.19. The van der Waals surface area contributed by atoms with Crippen molar-refractivity contribution in [2.24, 2.45) is 0 Å². The van der Waals surface area contributed by atoms with Gasteiger partial charge in [0, 0.05) is 5.56 Å². The van der Waals surface area contributed by atoms with E-state index in [9.17, 15) is 14.4 Å². The minimum absolute atomic E-state index is 0.00891. The maximum absolute atomic E-state index is 11.9. The molecule has 0 aliphatic rings. The Morgan fingerprint density at radius 1 is 0.400 bits per heavy atom. The molecule has 0 radical (unpaired) electrons. The Labute approximate surface area is 325 Å². The number of ketones is 1. The fourth-order valence-corrected chi connectivity index (χ4v) is 3.91. The van der Waals surface area contributed by atoms with Gasteiger partial charge in [0.25, 0.3) is 5.78 Å². The second-order valence-corrected chi connectivity index (χ2v) is 12.2. The Bertz CT molecular complexity index is 1040. The highest BCUT2D eigenvalue weighted by atomic mass is 16.6. The van der Waals surface area contributed by atoms with Gasteiger partial charge in [0.05, 0.1) is 152 Å². The smallest absolute Gasteiger partial charge is 0.379 e. The highest BCUT2D eigenvalue weighted by Gasteiger charge is 2.17. The summed E-state index contributed by atoms with van der Waals surface area (Å²) in [5, 5.41) is 0. The average molecular weight is 793 g/mol. The minimum atomic E-state index is -0.902. The highest BCUT2D eigenvalue weighted by molar-refractivity contribution is 6.40. The van der Waals surface area contributed by atoms with Crippen LogP contribution in [0.5, 0.6) is 0 Å². The van der Waals surface area contributed by atoms with Crippen LogP contribution >= 0.6 is 0 Å². The monoisotopic (exact) mass is 792 g/mol. The topological polar surface area (TPSA) is 180 Å². The summed E-state index contributed by atoms with van der Waals surface area (Å²) in [6.07, 6.45) is 0. The molecule has 0 atom stereocenters. The lowest BCUT2D eigenvalue weighted by atomic mass is 10.1. The van der Waals surface area contributed by atoms with Gasteiger partial charge in [-0.2, -0.15) is 0 Å². The summed E-state index contributed by atoms with van der Waals surface area (Å²) >= 11 is 0. The molecule has 0 fully saturated rings. The Kier molecular flexibility index (Phi) is 33.8. The Morgan fingerprint density at radius 3 is 0.964 bits per heavy atom. The predicted octanol–water partition coefficient (Wildman–Crippen LogP) is 1.95. The summed E-state index contributed by atoms with van der Waals surface area (Å²) in [5.41, 5.74) is -0.228. The maximum Gasteiger partial charge on any atom is 0.379 e. The number of benzene rings is 1. The quantitative estimate of drug-likeness (QED) is 0.0407. The van der Waals surface area contributed by atoms with Crippen molar-refractivity contribution in [2.75, 3.05) is 165 Å². The molecule has 0 aliphatic carbocycles. The van der Waals surface area contributed by atoms with Gasteiger partial charge in [-0.3, -0.25) is 4.79 Å². The van der Waals surface area contributed by atoms with Gasteiger partial charge in [-0.1, -0.05) is 30.3 Å². The Morgan fingerprint density at radius 2 is 0.673 bits per heavy atom. The van der Waals surface area contributed by atoms with Crippen LogP contribution in [0.25, 0.3) is 0 Å². The first kappa shape index (κ1) is 50.4. The van der Waals surface area contributed by atoms with Gasteiger partial charge >= 0.3 is 11.9 Å². The average Bonchev–Trinajstić information content (AvgIpc) is 3.16. The van der Waals surface area contributed by atoms with Crippen molar-refractivity contribution in [3.63, 3.8) is 0 Å². The molecule has 17 heteroatoms. The molecule has 0 saturated carbocycles. The molecule has 0 aromatic heterocycles. The van der Waals surface area contributed by atoms with Crippen LogP contribution in [0.1, 0.15) is 31.1 Å². The second-order valence-electron chi connectivity index (χ2n) is 12.2. The van der Waals surface area contributed by atoms with Crippen LogP contribution in [0.15, 0.2) is 30.3 Å².